The van der Waals surface area contributed by atoms with Gasteiger partial charge in [-0.1, -0.05) is 19.9 Å². The number of hydrogen-bond donors (Lipinski definition) is 1. The fourth-order valence-corrected chi connectivity index (χ4v) is 2.49. The molecular formula is C16H26N2O2. The summed E-state index contributed by atoms with van der Waals surface area (Å²) in [5.74, 6) is 1.66. The number of benzene rings is 1. The molecule has 4 nitrogen and oxygen atoms in total. The highest BCUT2D eigenvalue weighted by molar-refractivity contribution is 5.44. The van der Waals surface area contributed by atoms with Gasteiger partial charge in [-0.05, 0) is 37.2 Å². The Labute approximate surface area is 121 Å². The van der Waals surface area contributed by atoms with Gasteiger partial charge in [-0.3, -0.25) is 0 Å². The molecule has 0 saturated heterocycles. The maximum atomic E-state index is 6.34. The number of rotatable bonds is 6. The number of ether oxygens (including phenoxy) is 2. The smallest absolute Gasteiger partial charge is 0.161 e. The second kappa shape index (κ2) is 7.50. The van der Waals surface area contributed by atoms with E-state index < -0.39 is 0 Å². The van der Waals surface area contributed by atoms with Crippen molar-refractivity contribution < 1.29 is 9.47 Å². The van der Waals surface area contributed by atoms with Gasteiger partial charge in [-0.2, -0.15) is 0 Å². The van der Waals surface area contributed by atoms with Gasteiger partial charge >= 0.3 is 0 Å². The molecule has 112 valence electrons. The number of fused-ring (bicyclic) bond motifs is 1. The summed E-state index contributed by atoms with van der Waals surface area (Å²) >= 11 is 0. The third kappa shape index (κ3) is 3.87. The lowest BCUT2D eigenvalue weighted by Gasteiger charge is -2.24. The van der Waals surface area contributed by atoms with E-state index in [0.29, 0.717) is 6.61 Å². The van der Waals surface area contributed by atoms with E-state index >= 15 is 0 Å². The average Bonchev–Trinajstić information content (AvgIpc) is 2.71. The molecule has 0 fully saturated rings. The average molecular weight is 278 g/mol. The second-order valence-corrected chi connectivity index (χ2v) is 5.26. The van der Waals surface area contributed by atoms with Crippen LogP contribution in [-0.4, -0.2) is 37.7 Å². The third-order valence-corrected chi connectivity index (χ3v) is 3.64. The maximum Gasteiger partial charge on any atom is 0.161 e. The van der Waals surface area contributed by atoms with E-state index in [-0.39, 0.29) is 6.04 Å². The van der Waals surface area contributed by atoms with Gasteiger partial charge in [0.2, 0.25) is 0 Å². The molecule has 4 heteroatoms. The van der Waals surface area contributed by atoms with Crippen molar-refractivity contribution in [2.24, 2.45) is 5.73 Å². The van der Waals surface area contributed by atoms with Gasteiger partial charge < -0.3 is 20.1 Å². The van der Waals surface area contributed by atoms with Crippen LogP contribution in [0.15, 0.2) is 18.2 Å². The number of nitrogens with two attached hydrogens (primary N) is 1. The fourth-order valence-electron chi connectivity index (χ4n) is 2.49. The highest BCUT2D eigenvalue weighted by atomic mass is 16.5. The summed E-state index contributed by atoms with van der Waals surface area (Å²) in [5, 5.41) is 0. The standard InChI is InChI=1S/C16H26N2O2/c1-3-8-18(4-2)12-14(17)13-6-7-15-16(11-13)20-10-5-9-19-15/h6-7,11,14H,3-5,8-10,12,17H2,1-2H3. The minimum atomic E-state index is 0.0126. The SMILES string of the molecule is CCCN(CC)CC(N)c1ccc2c(c1)OCCCO2. The maximum absolute atomic E-state index is 6.34. The molecule has 1 aromatic rings. The van der Waals surface area contributed by atoms with Gasteiger partial charge in [0.25, 0.3) is 0 Å². The van der Waals surface area contributed by atoms with E-state index in [4.69, 9.17) is 15.2 Å². The van der Waals surface area contributed by atoms with E-state index in [1.807, 2.05) is 12.1 Å². The molecule has 0 amide bonds. The normalized spacial score (nSPS) is 16.0. The predicted molar refractivity (Wildman–Crippen MR) is 81.4 cm³/mol. The molecule has 0 aromatic heterocycles. The largest absolute Gasteiger partial charge is 0.490 e. The summed E-state index contributed by atoms with van der Waals surface area (Å²) in [6, 6.07) is 6.08. The number of hydrogen-bond acceptors (Lipinski definition) is 4. The molecule has 1 aromatic carbocycles. The predicted octanol–water partition coefficient (Wildman–Crippen LogP) is 2.58. The molecule has 0 radical (unpaired) electrons. The fraction of sp³-hybridized carbons (Fsp3) is 0.625. The van der Waals surface area contributed by atoms with Crippen LogP contribution < -0.4 is 15.2 Å². The van der Waals surface area contributed by atoms with E-state index in [9.17, 15) is 0 Å². The van der Waals surface area contributed by atoms with Crippen LogP contribution >= 0.6 is 0 Å². The first-order chi connectivity index (χ1) is 9.74. The first-order valence-corrected chi connectivity index (χ1v) is 7.62. The van der Waals surface area contributed by atoms with E-state index in [2.05, 4.69) is 24.8 Å². The monoisotopic (exact) mass is 278 g/mol. The summed E-state index contributed by atoms with van der Waals surface area (Å²) in [6.07, 6.45) is 2.08. The summed E-state index contributed by atoms with van der Waals surface area (Å²) in [6.45, 7) is 8.81. The molecule has 1 unspecified atom stereocenters. The Balaban J connectivity index is 2.06. The first kappa shape index (κ1) is 15.1. The Morgan fingerprint density at radius 1 is 1.20 bits per heavy atom. The van der Waals surface area contributed by atoms with Gasteiger partial charge in [0, 0.05) is 19.0 Å². The number of nitrogens with zero attached hydrogens (tertiary/aromatic N) is 1. The van der Waals surface area contributed by atoms with Crippen molar-refractivity contribution in [2.45, 2.75) is 32.7 Å². The molecule has 1 aliphatic heterocycles. The lowest BCUT2D eigenvalue weighted by Crippen LogP contribution is -2.32. The van der Waals surface area contributed by atoms with Gasteiger partial charge in [-0.15, -0.1) is 0 Å². The minimum Gasteiger partial charge on any atom is -0.490 e. The van der Waals surface area contributed by atoms with Crippen LogP contribution in [0.5, 0.6) is 11.5 Å². The molecular weight excluding hydrogens is 252 g/mol. The Morgan fingerprint density at radius 3 is 2.65 bits per heavy atom. The molecule has 0 bridgehead atoms. The van der Waals surface area contributed by atoms with Crippen molar-refractivity contribution in [3.8, 4) is 11.5 Å². The van der Waals surface area contributed by atoms with Gasteiger partial charge in [0.05, 0.1) is 13.2 Å². The molecule has 1 aliphatic rings. The van der Waals surface area contributed by atoms with E-state index in [1.165, 1.54) is 0 Å². The van der Waals surface area contributed by atoms with Gasteiger partial charge in [0.1, 0.15) is 0 Å². The summed E-state index contributed by atoms with van der Waals surface area (Å²) in [4.78, 5) is 2.38. The van der Waals surface area contributed by atoms with Crippen LogP contribution in [0.25, 0.3) is 0 Å². The minimum absolute atomic E-state index is 0.0126. The van der Waals surface area contributed by atoms with Gasteiger partial charge in [0.15, 0.2) is 11.5 Å². The summed E-state index contributed by atoms with van der Waals surface area (Å²) in [5.41, 5.74) is 7.45. The second-order valence-electron chi connectivity index (χ2n) is 5.26. The van der Waals surface area contributed by atoms with Crippen LogP contribution in [0.2, 0.25) is 0 Å². The van der Waals surface area contributed by atoms with Crippen molar-refractivity contribution >= 4 is 0 Å². The molecule has 1 heterocycles. The summed E-state index contributed by atoms with van der Waals surface area (Å²) in [7, 11) is 0. The highest BCUT2D eigenvalue weighted by Crippen LogP contribution is 2.32. The summed E-state index contributed by atoms with van der Waals surface area (Å²) < 4.78 is 11.4. The van der Waals surface area contributed by atoms with Gasteiger partial charge in [-0.25, -0.2) is 0 Å². The van der Waals surface area contributed by atoms with Crippen molar-refractivity contribution in [3.05, 3.63) is 23.8 Å². The zero-order valence-electron chi connectivity index (χ0n) is 12.6. The zero-order valence-corrected chi connectivity index (χ0v) is 12.6. The first-order valence-electron chi connectivity index (χ1n) is 7.62. The van der Waals surface area contributed by atoms with Crippen molar-refractivity contribution in [2.75, 3.05) is 32.8 Å². The van der Waals surface area contributed by atoms with Crippen LogP contribution in [0.3, 0.4) is 0 Å². The molecule has 1 atom stereocenters. The van der Waals surface area contributed by atoms with Crippen molar-refractivity contribution in [1.29, 1.82) is 0 Å². The molecule has 20 heavy (non-hydrogen) atoms. The Bertz CT molecular complexity index is 423. The van der Waals surface area contributed by atoms with Crippen LogP contribution in [0.4, 0.5) is 0 Å². The van der Waals surface area contributed by atoms with Crippen molar-refractivity contribution in [3.63, 3.8) is 0 Å². The van der Waals surface area contributed by atoms with Crippen molar-refractivity contribution in [1.82, 2.24) is 4.90 Å². The third-order valence-electron chi connectivity index (χ3n) is 3.64. The topological polar surface area (TPSA) is 47.7 Å². The van der Waals surface area contributed by atoms with E-state index in [0.717, 1.165) is 56.1 Å². The molecule has 2 rings (SSSR count). The highest BCUT2D eigenvalue weighted by Gasteiger charge is 2.15. The Hall–Kier alpha value is -1.26. The van der Waals surface area contributed by atoms with Crippen LogP contribution in [-0.2, 0) is 0 Å². The molecule has 0 spiro atoms. The Morgan fingerprint density at radius 2 is 1.95 bits per heavy atom. The molecule has 0 aliphatic carbocycles. The zero-order chi connectivity index (χ0) is 14.4. The molecule has 0 saturated carbocycles. The lowest BCUT2D eigenvalue weighted by atomic mass is 10.1. The quantitative estimate of drug-likeness (QED) is 0.869. The van der Waals surface area contributed by atoms with E-state index in [1.54, 1.807) is 0 Å². The molecule has 2 N–H and O–H groups in total. The number of likely N-dealkylation sites (N-methyl/N-ethyl adjacent to an activating group) is 1. The lowest BCUT2D eigenvalue weighted by molar-refractivity contribution is 0.270. The van der Waals surface area contributed by atoms with Crippen LogP contribution in [0.1, 0.15) is 38.3 Å². The van der Waals surface area contributed by atoms with Crippen LogP contribution in [0, 0.1) is 0 Å². The Kier molecular flexibility index (Phi) is 5.68.